The lowest BCUT2D eigenvalue weighted by Crippen LogP contribution is -2.35. The minimum Gasteiger partial charge on any atom is -0.390 e. The zero-order valence-corrected chi connectivity index (χ0v) is 5.03. The van der Waals surface area contributed by atoms with E-state index < -0.39 is 12.2 Å². The van der Waals surface area contributed by atoms with Crippen LogP contribution in [0.4, 0.5) is 0 Å². The molecule has 3 heteroatoms. The molecule has 52 valence electrons. The zero-order chi connectivity index (χ0) is 6.43. The zero-order valence-electron chi connectivity index (χ0n) is 5.03. The van der Waals surface area contributed by atoms with Crippen LogP contribution >= 0.6 is 0 Å². The summed E-state index contributed by atoms with van der Waals surface area (Å²) in [7, 11) is 0. The summed E-state index contributed by atoms with van der Waals surface area (Å²) in [6.45, 7) is 0. The predicted octanol–water partition coefficient (Wildman–Crippen LogP) is -0.731. The Kier molecular flexibility index (Phi) is 1.06. The number of aliphatic hydroxyl groups excluding tert-OH is 2. The minimum atomic E-state index is -0.622. The Morgan fingerprint density at radius 2 is 2.00 bits per heavy atom. The number of aliphatic hydroxyl groups is 2. The van der Waals surface area contributed by atoms with E-state index in [4.69, 9.17) is 14.9 Å². The fourth-order valence-corrected chi connectivity index (χ4v) is 1.41. The molecular formula is C6H10O3. The van der Waals surface area contributed by atoms with Crippen LogP contribution in [0, 0.1) is 0 Å². The second kappa shape index (κ2) is 1.68. The number of rotatable bonds is 0. The highest BCUT2D eigenvalue weighted by Crippen LogP contribution is 2.36. The number of ether oxygens (including phenoxy) is 1. The third-order valence-electron chi connectivity index (χ3n) is 2.10. The fraction of sp³-hybridized carbons (Fsp3) is 1.00. The van der Waals surface area contributed by atoms with Gasteiger partial charge < -0.3 is 14.9 Å². The Balaban J connectivity index is 2.02. The molecular weight excluding hydrogens is 120 g/mol. The van der Waals surface area contributed by atoms with Crippen LogP contribution in [0.5, 0.6) is 0 Å². The molecule has 0 spiro atoms. The number of fused-ring (bicyclic) bond motifs is 1. The van der Waals surface area contributed by atoms with Gasteiger partial charge in [-0.1, -0.05) is 0 Å². The van der Waals surface area contributed by atoms with Crippen LogP contribution in [0.25, 0.3) is 0 Å². The third kappa shape index (κ3) is 0.764. The van der Waals surface area contributed by atoms with Crippen molar-refractivity contribution in [1.82, 2.24) is 0 Å². The van der Waals surface area contributed by atoms with E-state index in [0.717, 1.165) is 6.42 Å². The standard InChI is InChI=1S/C6H10O3/c7-3-1-2-4-6(9-4)5(3)8/h3-8H,1-2H2/t3-,4?,5-,6?/m0/s1. The molecule has 2 rings (SSSR count). The van der Waals surface area contributed by atoms with E-state index in [1.165, 1.54) is 0 Å². The van der Waals surface area contributed by atoms with Gasteiger partial charge in [0.1, 0.15) is 12.2 Å². The lowest BCUT2D eigenvalue weighted by atomic mass is 9.95. The van der Waals surface area contributed by atoms with Gasteiger partial charge in [0.15, 0.2) is 0 Å². The molecule has 0 aromatic rings. The minimum absolute atomic E-state index is 0.0475. The van der Waals surface area contributed by atoms with Gasteiger partial charge in [0.25, 0.3) is 0 Å². The largest absolute Gasteiger partial charge is 0.390 e. The summed E-state index contributed by atoms with van der Waals surface area (Å²) >= 11 is 0. The average Bonchev–Trinajstić information content (AvgIpc) is 2.58. The van der Waals surface area contributed by atoms with E-state index in [0.29, 0.717) is 6.42 Å². The molecule has 0 bridgehead atoms. The number of hydrogen-bond acceptors (Lipinski definition) is 3. The molecule has 1 aliphatic carbocycles. The normalized spacial score (nSPS) is 56.7. The first-order valence-corrected chi connectivity index (χ1v) is 3.30. The molecule has 2 fully saturated rings. The van der Waals surface area contributed by atoms with Crippen LogP contribution in [0.3, 0.4) is 0 Å². The van der Waals surface area contributed by atoms with Crippen molar-refractivity contribution in [2.75, 3.05) is 0 Å². The van der Waals surface area contributed by atoms with Crippen molar-refractivity contribution in [2.24, 2.45) is 0 Å². The molecule has 1 aliphatic heterocycles. The summed E-state index contributed by atoms with van der Waals surface area (Å²) in [4.78, 5) is 0. The second-order valence-electron chi connectivity index (χ2n) is 2.77. The number of hydrogen-bond donors (Lipinski definition) is 2. The quantitative estimate of drug-likeness (QED) is 0.425. The summed E-state index contributed by atoms with van der Waals surface area (Å²) in [6.07, 6.45) is 0.625. The Hall–Kier alpha value is -0.120. The summed E-state index contributed by atoms with van der Waals surface area (Å²) in [5.74, 6) is 0. The molecule has 2 N–H and O–H groups in total. The van der Waals surface area contributed by atoms with Gasteiger partial charge in [-0.05, 0) is 12.8 Å². The van der Waals surface area contributed by atoms with E-state index in [2.05, 4.69) is 0 Å². The van der Waals surface area contributed by atoms with Crippen molar-refractivity contribution in [3.8, 4) is 0 Å². The summed E-state index contributed by atoms with van der Waals surface area (Å²) < 4.78 is 5.05. The van der Waals surface area contributed by atoms with E-state index in [1.807, 2.05) is 0 Å². The van der Waals surface area contributed by atoms with Crippen LogP contribution in [-0.2, 0) is 4.74 Å². The van der Waals surface area contributed by atoms with E-state index in [1.54, 1.807) is 0 Å². The van der Waals surface area contributed by atoms with Crippen molar-refractivity contribution in [3.63, 3.8) is 0 Å². The van der Waals surface area contributed by atoms with Gasteiger partial charge in [0.05, 0.1) is 12.2 Å². The molecule has 1 heterocycles. The van der Waals surface area contributed by atoms with Gasteiger partial charge in [-0.2, -0.15) is 0 Å². The SMILES string of the molecule is O[C@@H]1C2OC2CC[C@@H]1O. The molecule has 1 saturated carbocycles. The van der Waals surface area contributed by atoms with Crippen molar-refractivity contribution in [1.29, 1.82) is 0 Å². The maximum atomic E-state index is 9.11. The second-order valence-corrected chi connectivity index (χ2v) is 2.77. The molecule has 0 aromatic carbocycles. The molecule has 3 nitrogen and oxygen atoms in total. The highest BCUT2D eigenvalue weighted by molar-refractivity contribution is 4.98. The highest BCUT2D eigenvalue weighted by atomic mass is 16.6. The van der Waals surface area contributed by atoms with Crippen molar-refractivity contribution in [3.05, 3.63) is 0 Å². The van der Waals surface area contributed by atoms with Gasteiger partial charge >= 0.3 is 0 Å². The van der Waals surface area contributed by atoms with Gasteiger partial charge in [-0.3, -0.25) is 0 Å². The Morgan fingerprint density at radius 3 is 2.67 bits per heavy atom. The average molecular weight is 130 g/mol. The summed E-state index contributed by atoms with van der Waals surface area (Å²) in [6, 6.07) is 0. The van der Waals surface area contributed by atoms with Gasteiger partial charge in [-0.15, -0.1) is 0 Å². The van der Waals surface area contributed by atoms with Gasteiger partial charge in [0.2, 0.25) is 0 Å². The summed E-state index contributed by atoms with van der Waals surface area (Å²) in [5.41, 5.74) is 0. The first-order chi connectivity index (χ1) is 4.29. The van der Waals surface area contributed by atoms with Crippen molar-refractivity contribution < 1.29 is 14.9 Å². The maximum absolute atomic E-state index is 9.11. The maximum Gasteiger partial charge on any atom is 0.112 e. The first kappa shape index (κ1) is 5.65. The fourth-order valence-electron chi connectivity index (χ4n) is 1.41. The lowest BCUT2D eigenvalue weighted by Gasteiger charge is -2.18. The molecule has 2 aliphatic rings. The van der Waals surface area contributed by atoms with Crippen LogP contribution in [0.15, 0.2) is 0 Å². The van der Waals surface area contributed by atoms with Crippen LogP contribution < -0.4 is 0 Å². The predicted molar refractivity (Wildman–Crippen MR) is 29.9 cm³/mol. The molecule has 0 radical (unpaired) electrons. The van der Waals surface area contributed by atoms with E-state index in [-0.39, 0.29) is 12.2 Å². The smallest absolute Gasteiger partial charge is 0.112 e. The third-order valence-corrected chi connectivity index (χ3v) is 2.10. The molecule has 2 unspecified atom stereocenters. The van der Waals surface area contributed by atoms with E-state index in [9.17, 15) is 0 Å². The van der Waals surface area contributed by atoms with Gasteiger partial charge in [0, 0.05) is 0 Å². The van der Waals surface area contributed by atoms with Crippen molar-refractivity contribution in [2.45, 2.75) is 37.3 Å². The molecule has 0 aromatic heterocycles. The molecule has 9 heavy (non-hydrogen) atoms. The molecule has 4 atom stereocenters. The molecule has 1 saturated heterocycles. The highest BCUT2D eigenvalue weighted by Gasteiger charge is 2.50. The van der Waals surface area contributed by atoms with Gasteiger partial charge in [-0.25, -0.2) is 0 Å². The van der Waals surface area contributed by atoms with Crippen LogP contribution in [0.1, 0.15) is 12.8 Å². The Labute approximate surface area is 53.3 Å². The van der Waals surface area contributed by atoms with Crippen LogP contribution in [0.2, 0.25) is 0 Å². The summed E-state index contributed by atoms with van der Waals surface area (Å²) in [5, 5.41) is 18.2. The lowest BCUT2D eigenvalue weighted by molar-refractivity contribution is -0.00546. The van der Waals surface area contributed by atoms with Crippen LogP contribution in [-0.4, -0.2) is 34.6 Å². The first-order valence-electron chi connectivity index (χ1n) is 3.30. The Morgan fingerprint density at radius 1 is 1.22 bits per heavy atom. The molecule has 0 amide bonds. The monoisotopic (exact) mass is 130 g/mol. The topological polar surface area (TPSA) is 53.0 Å². The van der Waals surface area contributed by atoms with E-state index >= 15 is 0 Å². The number of epoxide rings is 1. The van der Waals surface area contributed by atoms with Crippen molar-refractivity contribution >= 4 is 0 Å². The Bertz CT molecular complexity index is 123.